The van der Waals surface area contributed by atoms with Crippen LogP contribution in [0.4, 0.5) is 5.69 Å². The summed E-state index contributed by atoms with van der Waals surface area (Å²) in [5, 5.41) is 5.95. The van der Waals surface area contributed by atoms with E-state index in [2.05, 4.69) is 10.6 Å². The number of carbonyl (C=O) groups excluding carboxylic acids is 2. The number of rotatable bonds is 7. The van der Waals surface area contributed by atoms with Gasteiger partial charge in [-0.05, 0) is 42.0 Å². The molecule has 0 saturated carbocycles. The molecule has 0 fully saturated rings. The van der Waals surface area contributed by atoms with Crippen molar-refractivity contribution in [2.75, 3.05) is 11.9 Å². The summed E-state index contributed by atoms with van der Waals surface area (Å²) in [5.41, 5.74) is 1.52. The smallest absolute Gasteiger partial charge is 0.291 e. The number of furan rings is 1. The van der Waals surface area contributed by atoms with Crippen LogP contribution in [0.15, 0.2) is 71.3 Å². The summed E-state index contributed by atoms with van der Waals surface area (Å²) in [6, 6.07) is 17.3. The number of ether oxygens (including phenoxy) is 1. The Labute approximate surface area is 161 Å². The molecular weight excluding hydrogens is 368 g/mol. The van der Waals surface area contributed by atoms with Crippen molar-refractivity contribution in [2.45, 2.75) is 6.54 Å². The zero-order chi connectivity index (χ0) is 19.1. The molecule has 0 aliphatic rings. The van der Waals surface area contributed by atoms with Crippen LogP contribution >= 0.6 is 11.6 Å². The van der Waals surface area contributed by atoms with E-state index in [0.717, 1.165) is 5.56 Å². The first-order valence-electron chi connectivity index (χ1n) is 8.19. The summed E-state index contributed by atoms with van der Waals surface area (Å²) >= 11 is 5.97. The molecule has 6 nitrogen and oxygen atoms in total. The molecular formula is C20H17ClN2O4. The van der Waals surface area contributed by atoms with Gasteiger partial charge in [-0.1, -0.05) is 35.9 Å². The molecule has 0 aliphatic carbocycles. The number of amides is 2. The number of nitrogens with one attached hydrogen (secondary N) is 2. The SMILES string of the molecule is O=C(COc1ccccc1Cl)NCc1ccc(NC(=O)c2ccco2)cc1. The fraction of sp³-hybridized carbons (Fsp3) is 0.100. The van der Waals surface area contributed by atoms with Gasteiger partial charge in [0.15, 0.2) is 12.4 Å². The molecule has 0 aliphatic heterocycles. The summed E-state index contributed by atoms with van der Waals surface area (Å²) in [6.45, 7) is 0.220. The van der Waals surface area contributed by atoms with Gasteiger partial charge in [0.2, 0.25) is 0 Å². The molecule has 2 aromatic carbocycles. The molecule has 1 aromatic heterocycles. The Morgan fingerprint density at radius 2 is 1.78 bits per heavy atom. The molecule has 0 atom stereocenters. The van der Waals surface area contributed by atoms with Crippen LogP contribution < -0.4 is 15.4 Å². The number of benzene rings is 2. The van der Waals surface area contributed by atoms with E-state index in [-0.39, 0.29) is 24.2 Å². The Bertz CT molecular complexity index is 908. The van der Waals surface area contributed by atoms with Crippen molar-refractivity contribution in [3.63, 3.8) is 0 Å². The monoisotopic (exact) mass is 384 g/mol. The van der Waals surface area contributed by atoms with E-state index in [1.54, 1.807) is 48.5 Å². The van der Waals surface area contributed by atoms with E-state index in [0.29, 0.717) is 23.0 Å². The molecule has 0 saturated heterocycles. The van der Waals surface area contributed by atoms with Crippen molar-refractivity contribution >= 4 is 29.1 Å². The topological polar surface area (TPSA) is 80.6 Å². The van der Waals surface area contributed by atoms with Gasteiger partial charge in [0.1, 0.15) is 5.75 Å². The Hall–Kier alpha value is -3.25. The first-order chi connectivity index (χ1) is 13.1. The number of halogens is 1. The molecule has 0 spiro atoms. The lowest BCUT2D eigenvalue weighted by atomic mass is 10.2. The van der Waals surface area contributed by atoms with E-state index in [9.17, 15) is 9.59 Å². The van der Waals surface area contributed by atoms with Crippen molar-refractivity contribution < 1.29 is 18.7 Å². The third-order valence-electron chi connectivity index (χ3n) is 3.64. The number of carbonyl (C=O) groups is 2. The van der Waals surface area contributed by atoms with Gasteiger partial charge in [0.05, 0.1) is 11.3 Å². The summed E-state index contributed by atoms with van der Waals surface area (Å²) in [4.78, 5) is 23.8. The lowest BCUT2D eigenvalue weighted by Crippen LogP contribution is -2.28. The highest BCUT2D eigenvalue weighted by atomic mass is 35.5. The van der Waals surface area contributed by atoms with Crippen LogP contribution in [-0.4, -0.2) is 18.4 Å². The summed E-state index contributed by atoms with van der Waals surface area (Å²) in [5.74, 6) is 0.124. The highest BCUT2D eigenvalue weighted by Crippen LogP contribution is 2.22. The Balaban J connectivity index is 1.45. The van der Waals surface area contributed by atoms with Crippen molar-refractivity contribution in [3.8, 4) is 5.75 Å². The standard InChI is InChI=1S/C20H17ClN2O4/c21-16-4-1-2-5-17(16)27-13-19(24)22-12-14-7-9-15(10-8-14)23-20(25)18-6-3-11-26-18/h1-11H,12-13H2,(H,22,24)(H,23,25). The minimum absolute atomic E-state index is 0.124. The highest BCUT2D eigenvalue weighted by molar-refractivity contribution is 6.32. The van der Waals surface area contributed by atoms with Crippen LogP contribution in [0.25, 0.3) is 0 Å². The van der Waals surface area contributed by atoms with E-state index < -0.39 is 0 Å². The Kier molecular flexibility index (Phi) is 6.12. The molecule has 3 rings (SSSR count). The van der Waals surface area contributed by atoms with Gasteiger partial charge in [0, 0.05) is 12.2 Å². The summed E-state index contributed by atoms with van der Waals surface area (Å²) in [7, 11) is 0. The second-order valence-electron chi connectivity index (χ2n) is 5.62. The van der Waals surface area contributed by atoms with Gasteiger partial charge in [-0.15, -0.1) is 0 Å². The molecule has 138 valence electrons. The van der Waals surface area contributed by atoms with E-state index in [4.69, 9.17) is 20.8 Å². The molecule has 3 aromatic rings. The maximum Gasteiger partial charge on any atom is 0.291 e. The van der Waals surface area contributed by atoms with E-state index >= 15 is 0 Å². The van der Waals surface area contributed by atoms with Crippen LogP contribution in [0.1, 0.15) is 16.1 Å². The number of hydrogen-bond donors (Lipinski definition) is 2. The lowest BCUT2D eigenvalue weighted by Gasteiger charge is -2.09. The van der Waals surface area contributed by atoms with Crippen LogP contribution in [0, 0.1) is 0 Å². The predicted molar refractivity (Wildman–Crippen MR) is 102 cm³/mol. The fourth-order valence-corrected chi connectivity index (χ4v) is 2.45. The Morgan fingerprint density at radius 1 is 1.00 bits per heavy atom. The molecule has 0 radical (unpaired) electrons. The average Bonchev–Trinajstić information content (AvgIpc) is 3.22. The zero-order valence-corrected chi connectivity index (χ0v) is 15.0. The molecule has 0 unspecified atom stereocenters. The first-order valence-corrected chi connectivity index (χ1v) is 8.57. The number of hydrogen-bond acceptors (Lipinski definition) is 4. The quantitative estimate of drug-likeness (QED) is 0.647. The van der Waals surface area contributed by atoms with Crippen molar-refractivity contribution in [3.05, 3.63) is 83.3 Å². The third-order valence-corrected chi connectivity index (χ3v) is 3.95. The van der Waals surface area contributed by atoms with Crippen LogP contribution in [0.5, 0.6) is 5.75 Å². The van der Waals surface area contributed by atoms with Crippen molar-refractivity contribution in [1.82, 2.24) is 5.32 Å². The molecule has 7 heteroatoms. The van der Waals surface area contributed by atoms with Crippen LogP contribution in [0.3, 0.4) is 0 Å². The first kappa shape index (κ1) is 18.5. The summed E-state index contributed by atoms with van der Waals surface area (Å²) < 4.78 is 10.4. The normalized spacial score (nSPS) is 10.3. The van der Waals surface area contributed by atoms with E-state index in [1.165, 1.54) is 6.26 Å². The molecule has 1 heterocycles. The fourth-order valence-electron chi connectivity index (χ4n) is 2.26. The van der Waals surface area contributed by atoms with Gasteiger partial charge in [0.25, 0.3) is 11.8 Å². The largest absolute Gasteiger partial charge is 0.482 e. The number of anilines is 1. The van der Waals surface area contributed by atoms with Gasteiger partial charge in [-0.25, -0.2) is 0 Å². The number of para-hydroxylation sites is 1. The molecule has 2 amide bonds. The maximum absolute atomic E-state index is 11.9. The van der Waals surface area contributed by atoms with Gasteiger partial charge in [-0.3, -0.25) is 9.59 Å². The zero-order valence-electron chi connectivity index (χ0n) is 14.3. The van der Waals surface area contributed by atoms with Crippen molar-refractivity contribution in [2.24, 2.45) is 0 Å². The van der Waals surface area contributed by atoms with Gasteiger partial charge >= 0.3 is 0 Å². The second kappa shape index (κ2) is 8.91. The van der Waals surface area contributed by atoms with E-state index in [1.807, 2.05) is 12.1 Å². The third kappa shape index (κ3) is 5.36. The van der Waals surface area contributed by atoms with Gasteiger partial charge < -0.3 is 19.8 Å². The average molecular weight is 385 g/mol. The van der Waals surface area contributed by atoms with Gasteiger partial charge in [-0.2, -0.15) is 0 Å². The van der Waals surface area contributed by atoms with Crippen molar-refractivity contribution in [1.29, 1.82) is 0 Å². The predicted octanol–water partition coefficient (Wildman–Crippen LogP) is 3.88. The van der Waals surface area contributed by atoms with Crippen LogP contribution in [-0.2, 0) is 11.3 Å². The second-order valence-corrected chi connectivity index (χ2v) is 6.03. The minimum atomic E-state index is -0.322. The highest BCUT2D eigenvalue weighted by Gasteiger charge is 2.09. The lowest BCUT2D eigenvalue weighted by molar-refractivity contribution is -0.123. The maximum atomic E-state index is 11.9. The minimum Gasteiger partial charge on any atom is -0.482 e. The molecule has 27 heavy (non-hydrogen) atoms. The Morgan fingerprint density at radius 3 is 2.48 bits per heavy atom. The van der Waals surface area contributed by atoms with Crippen LogP contribution in [0.2, 0.25) is 5.02 Å². The summed E-state index contributed by atoms with van der Waals surface area (Å²) in [6.07, 6.45) is 1.44. The molecule has 0 bridgehead atoms. The molecule has 2 N–H and O–H groups in total.